The molecule has 1 amide bonds. The van der Waals surface area contributed by atoms with Crippen LogP contribution in [0.4, 0.5) is 5.69 Å². The van der Waals surface area contributed by atoms with Gasteiger partial charge in [0.1, 0.15) is 36.9 Å². The van der Waals surface area contributed by atoms with Crippen molar-refractivity contribution >= 4 is 29.2 Å². The van der Waals surface area contributed by atoms with Crippen LogP contribution in [-0.2, 0) is 25.6 Å². The summed E-state index contributed by atoms with van der Waals surface area (Å²) in [4.78, 5) is 28.4. The summed E-state index contributed by atoms with van der Waals surface area (Å²) < 4.78 is 34.4. The van der Waals surface area contributed by atoms with Crippen LogP contribution >= 0.6 is 11.6 Å². The van der Waals surface area contributed by atoms with E-state index >= 15 is 0 Å². The van der Waals surface area contributed by atoms with Gasteiger partial charge in [-0.3, -0.25) is 9.59 Å². The molecule has 2 atom stereocenters. The van der Waals surface area contributed by atoms with Crippen molar-refractivity contribution in [2.45, 2.75) is 32.1 Å². The van der Waals surface area contributed by atoms with Crippen LogP contribution in [-0.4, -0.2) is 52.0 Å². The van der Waals surface area contributed by atoms with E-state index in [1.54, 1.807) is 56.4 Å². The molecule has 5 rings (SSSR count). The lowest BCUT2D eigenvalue weighted by molar-refractivity contribution is -0.151. The predicted molar refractivity (Wildman–Crippen MR) is 148 cm³/mol. The van der Waals surface area contributed by atoms with Crippen LogP contribution in [0.25, 0.3) is 0 Å². The predicted octanol–water partition coefficient (Wildman–Crippen LogP) is 5.10. The lowest BCUT2D eigenvalue weighted by Crippen LogP contribution is -2.40. The molecule has 40 heavy (non-hydrogen) atoms. The third kappa shape index (κ3) is 5.52. The first-order valence-electron chi connectivity index (χ1n) is 12.9. The molecule has 0 saturated carbocycles. The summed E-state index contributed by atoms with van der Waals surface area (Å²) in [7, 11) is 3.13. The molecular formula is C30H30ClNO8. The minimum absolute atomic E-state index is 0.141. The Morgan fingerprint density at radius 1 is 1.02 bits per heavy atom. The first-order chi connectivity index (χ1) is 19.4. The van der Waals surface area contributed by atoms with Gasteiger partial charge in [0.25, 0.3) is 5.91 Å². The molecule has 0 aromatic heterocycles. The molecular weight excluding hydrogens is 538 g/mol. The molecule has 0 radical (unpaired) electrons. The normalized spacial score (nSPS) is 18.0. The molecule has 210 valence electrons. The molecule has 0 aliphatic carbocycles. The van der Waals surface area contributed by atoms with E-state index in [1.165, 1.54) is 0 Å². The highest BCUT2D eigenvalue weighted by atomic mass is 35.5. The number of hydrogen-bond acceptors (Lipinski definition) is 8. The average Bonchev–Trinajstić information content (AvgIpc) is 3.07. The monoisotopic (exact) mass is 567 g/mol. The second-order valence-electron chi connectivity index (χ2n) is 9.19. The molecule has 3 aromatic rings. The number of carbonyl (C=O) groups is 2. The van der Waals surface area contributed by atoms with Crippen molar-refractivity contribution in [1.29, 1.82) is 0 Å². The summed E-state index contributed by atoms with van der Waals surface area (Å²) in [5.74, 6) is 1.33. The summed E-state index contributed by atoms with van der Waals surface area (Å²) >= 11 is 6.49. The Bertz CT molecular complexity index is 1410. The van der Waals surface area contributed by atoms with Crippen LogP contribution in [0.2, 0.25) is 5.02 Å². The van der Waals surface area contributed by atoms with Gasteiger partial charge < -0.3 is 33.3 Å². The molecule has 2 heterocycles. The molecule has 9 nitrogen and oxygen atoms in total. The van der Waals surface area contributed by atoms with Crippen LogP contribution in [0.3, 0.4) is 0 Å². The second-order valence-corrected chi connectivity index (χ2v) is 9.63. The molecule has 0 spiro atoms. The van der Waals surface area contributed by atoms with Crippen molar-refractivity contribution in [3.05, 3.63) is 76.3 Å². The summed E-state index contributed by atoms with van der Waals surface area (Å²) in [5.41, 5.74) is 2.62. The van der Waals surface area contributed by atoms with Gasteiger partial charge >= 0.3 is 5.97 Å². The van der Waals surface area contributed by atoms with Gasteiger partial charge in [0.15, 0.2) is 11.5 Å². The summed E-state index contributed by atoms with van der Waals surface area (Å²) in [6, 6.07) is 16.2. The number of nitrogens with zero attached hydrogens (tertiary/aromatic N) is 1. The number of carbonyl (C=O) groups excluding carboxylic acids is 2. The zero-order chi connectivity index (χ0) is 28.2. The zero-order valence-corrected chi connectivity index (χ0v) is 23.2. The van der Waals surface area contributed by atoms with Gasteiger partial charge in [0.2, 0.25) is 0 Å². The van der Waals surface area contributed by atoms with Gasteiger partial charge in [-0.15, -0.1) is 0 Å². The Hall–Kier alpha value is -3.95. The Labute approximate surface area is 237 Å². The van der Waals surface area contributed by atoms with Gasteiger partial charge in [-0.1, -0.05) is 23.7 Å². The topological polar surface area (TPSA) is 92.8 Å². The lowest BCUT2D eigenvalue weighted by Gasteiger charge is -2.27. The van der Waals surface area contributed by atoms with Crippen LogP contribution in [0.15, 0.2) is 54.6 Å². The van der Waals surface area contributed by atoms with E-state index in [9.17, 15) is 9.59 Å². The Morgan fingerprint density at radius 2 is 1.85 bits per heavy atom. The summed E-state index contributed by atoms with van der Waals surface area (Å²) in [5, 5.41) is 0.465. The van der Waals surface area contributed by atoms with E-state index in [1.807, 2.05) is 24.3 Å². The number of ether oxygens (including phenoxy) is 6. The third-order valence-electron chi connectivity index (χ3n) is 6.76. The highest BCUT2D eigenvalue weighted by Gasteiger charge is 2.40. The molecule has 0 bridgehead atoms. The van der Waals surface area contributed by atoms with Crippen molar-refractivity contribution in [3.8, 4) is 23.0 Å². The SMILES string of the molecule is CCOC(=O)CC1OC(c2cccc3c2OCCO3)c2cc(Cl)ccc2N(Cc2ccc(OC)cc2OC)C1=O. The van der Waals surface area contributed by atoms with E-state index in [4.69, 9.17) is 40.0 Å². The number of esters is 1. The highest BCUT2D eigenvalue weighted by Crippen LogP contribution is 2.46. The van der Waals surface area contributed by atoms with E-state index in [0.29, 0.717) is 58.0 Å². The van der Waals surface area contributed by atoms with Crippen LogP contribution in [0.1, 0.15) is 36.1 Å². The summed E-state index contributed by atoms with van der Waals surface area (Å²) in [6.07, 6.45) is -2.22. The molecule has 0 saturated heterocycles. The van der Waals surface area contributed by atoms with E-state index in [-0.39, 0.29) is 19.6 Å². The molecule has 2 aliphatic rings. The van der Waals surface area contributed by atoms with Crippen LogP contribution < -0.4 is 23.8 Å². The van der Waals surface area contributed by atoms with Crippen LogP contribution in [0.5, 0.6) is 23.0 Å². The fourth-order valence-corrected chi connectivity index (χ4v) is 5.12. The standard InChI is InChI=1S/C30H30ClNO8/c1-4-37-27(33)16-26-30(34)32(17-18-8-10-20(35-2)15-25(18)36-3)23-11-9-19(31)14-22(23)28(40-26)21-6-5-7-24-29(21)39-13-12-38-24/h5-11,14-15,26,28H,4,12-13,16-17H2,1-3H3. The highest BCUT2D eigenvalue weighted by molar-refractivity contribution is 6.30. The average molecular weight is 568 g/mol. The van der Waals surface area contributed by atoms with Gasteiger partial charge in [0, 0.05) is 27.8 Å². The summed E-state index contributed by atoms with van der Waals surface area (Å²) in [6.45, 7) is 2.83. The number of rotatable bonds is 8. The number of hydrogen-bond donors (Lipinski definition) is 0. The maximum atomic E-state index is 14.2. The van der Waals surface area contributed by atoms with Crippen molar-refractivity contribution in [2.75, 3.05) is 38.9 Å². The molecule has 3 aromatic carbocycles. The quantitative estimate of drug-likeness (QED) is 0.347. The van der Waals surface area contributed by atoms with Gasteiger partial charge in [-0.25, -0.2) is 0 Å². The lowest BCUT2D eigenvalue weighted by atomic mass is 9.97. The number of fused-ring (bicyclic) bond motifs is 2. The first kappa shape index (κ1) is 27.6. The molecule has 2 unspecified atom stereocenters. The number of benzene rings is 3. The van der Waals surface area contributed by atoms with Crippen molar-refractivity contribution in [2.24, 2.45) is 0 Å². The van der Waals surface area contributed by atoms with Gasteiger partial charge in [0.05, 0.1) is 39.5 Å². The Morgan fingerprint density at radius 3 is 2.62 bits per heavy atom. The maximum Gasteiger partial charge on any atom is 0.308 e. The number of methoxy groups -OCH3 is 2. The van der Waals surface area contributed by atoms with Gasteiger partial charge in [-0.2, -0.15) is 0 Å². The molecule has 2 aliphatic heterocycles. The minimum Gasteiger partial charge on any atom is -0.497 e. The first-order valence-corrected chi connectivity index (χ1v) is 13.3. The second kappa shape index (κ2) is 12.1. The Balaban J connectivity index is 1.65. The van der Waals surface area contributed by atoms with E-state index in [2.05, 4.69) is 0 Å². The number of anilines is 1. The zero-order valence-electron chi connectivity index (χ0n) is 22.5. The molecule has 0 N–H and O–H groups in total. The van der Waals surface area contributed by atoms with E-state index < -0.39 is 24.1 Å². The molecule has 10 heteroatoms. The Kier molecular flexibility index (Phi) is 8.32. The van der Waals surface area contributed by atoms with Crippen molar-refractivity contribution < 1.29 is 38.0 Å². The minimum atomic E-state index is -1.15. The number of amides is 1. The van der Waals surface area contributed by atoms with Crippen molar-refractivity contribution in [3.63, 3.8) is 0 Å². The van der Waals surface area contributed by atoms with E-state index in [0.717, 1.165) is 5.56 Å². The maximum absolute atomic E-state index is 14.2. The van der Waals surface area contributed by atoms with Crippen molar-refractivity contribution in [1.82, 2.24) is 0 Å². The largest absolute Gasteiger partial charge is 0.497 e. The van der Waals surface area contributed by atoms with Gasteiger partial charge in [-0.05, 0) is 43.3 Å². The fourth-order valence-electron chi connectivity index (χ4n) is 4.94. The third-order valence-corrected chi connectivity index (χ3v) is 7.00. The number of halogens is 1. The fraction of sp³-hybridized carbons (Fsp3) is 0.333. The molecule has 0 fully saturated rings. The smallest absolute Gasteiger partial charge is 0.308 e. The van der Waals surface area contributed by atoms with Crippen LogP contribution in [0, 0.1) is 0 Å². The number of para-hydroxylation sites is 1.